The summed E-state index contributed by atoms with van der Waals surface area (Å²) in [6.45, 7) is 9.98. The van der Waals surface area contributed by atoms with Crippen LogP contribution in [0.3, 0.4) is 0 Å². The van der Waals surface area contributed by atoms with E-state index in [1.807, 2.05) is 12.4 Å². The van der Waals surface area contributed by atoms with Crippen LogP contribution >= 0.6 is 0 Å². The average Bonchev–Trinajstić information content (AvgIpc) is 2.36. The minimum atomic E-state index is 0.197. The third kappa shape index (κ3) is 3.77. The molecule has 2 nitrogen and oxygen atoms in total. The largest absolute Gasteiger partial charge is 0.312 e. The van der Waals surface area contributed by atoms with E-state index in [1.165, 1.54) is 16.3 Å². The van der Waals surface area contributed by atoms with Crippen molar-refractivity contribution >= 4 is 10.8 Å². The number of pyridine rings is 1. The Kier molecular flexibility index (Phi) is 4.20. The molecular formula is C17H24N2. The Morgan fingerprint density at radius 2 is 2.00 bits per heavy atom. The highest BCUT2D eigenvalue weighted by molar-refractivity contribution is 5.85. The van der Waals surface area contributed by atoms with Crippen molar-refractivity contribution in [3.63, 3.8) is 0 Å². The first kappa shape index (κ1) is 14.0. The molecule has 2 aromatic rings. The van der Waals surface area contributed by atoms with Gasteiger partial charge in [-0.05, 0) is 56.7 Å². The van der Waals surface area contributed by atoms with E-state index in [0.717, 1.165) is 13.0 Å². The van der Waals surface area contributed by atoms with Gasteiger partial charge in [-0.2, -0.15) is 0 Å². The fraction of sp³-hybridized carbons (Fsp3) is 0.471. The lowest BCUT2D eigenvalue weighted by Gasteiger charge is -2.22. The Labute approximate surface area is 116 Å². The quantitative estimate of drug-likeness (QED) is 0.890. The smallest absolute Gasteiger partial charge is 0.0346 e. The SMILES string of the molecule is CC(CCNC(C)(C)C)c1cccc2cnccc12. The molecule has 0 spiro atoms. The molecular weight excluding hydrogens is 232 g/mol. The minimum Gasteiger partial charge on any atom is -0.312 e. The summed E-state index contributed by atoms with van der Waals surface area (Å²) in [7, 11) is 0. The van der Waals surface area contributed by atoms with Gasteiger partial charge in [0.2, 0.25) is 0 Å². The Morgan fingerprint density at radius 3 is 2.74 bits per heavy atom. The summed E-state index contributed by atoms with van der Waals surface area (Å²) in [5.41, 5.74) is 1.62. The van der Waals surface area contributed by atoms with Gasteiger partial charge in [0.15, 0.2) is 0 Å². The second-order valence-electron chi connectivity index (χ2n) is 6.31. The van der Waals surface area contributed by atoms with E-state index in [2.05, 4.69) is 62.3 Å². The number of hydrogen-bond donors (Lipinski definition) is 1. The van der Waals surface area contributed by atoms with Gasteiger partial charge in [0.05, 0.1) is 0 Å². The van der Waals surface area contributed by atoms with Crippen molar-refractivity contribution in [1.82, 2.24) is 10.3 Å². The van der Waals surface area contributed by atoms with Crippen LogP contribution in [0.15, 0.2) is 36.7 Å². The van der Waals surface area contributed by atoms with Crippen LogP contribution in [-0.2, 0) is 0 Å². The maximum Gasteiger partial charge on any atom is 0.0346 e. The van der Waals surface area contributed by atoms with Crippen LogP contribution in [0.5, 0.6) is 0 Å². The van der Waals surface area contributed by atoms with E-state index in [9.17, 15) is 0 Å². The van der Waals surface area contributed by atoms with Crippen LogP contribution in [0.25, 0.3) is 10.8 Å². The molecule has 0 saturated heterocycles. The van der Waals surface area contributed by atoms with E-state index in [1.54, 1.807) is 0 Å². The lowest BCUT2D eigenvalue weighted by Crippen LogP contribution is -2.36. The van der Waals surface area contributed by atoms with Crippen LogP contribution in [0.4, 0.5) is 0 Å². The molecule has 1 heterocycles. The number of fused-ring (bicyclic) bond motifs is 1. The molecule has 2 heteroatoms. The van der Waals surface area contributed by atoms with Crippen molar-refractivity contribution in [1.29, 1.82) is 0 Å². The first-order valence-electron chi connectivity index (χ1n) is 7.05. The molecule has 0 bridgehead atoms. The van der Waals surface area contributed by atoms with E-state index in [0.29, 0.717) is 5.92 Å². The van der Waals surface area contributed by atoms with Crippen LogP contribution in [0.2, 0.25) is 0 Å². The molecule has 0 aliphatic carbocycles. The summed E-state index contributed by atoms with van der Waals surface area (Å²) >= 11 is 0. The molecule has 1 aromatic carbocycles. The monoisotopic (exact) mass is 256 g/mol. The van der Waals surface area contributed by atoms with Crippen LogP contribution in [0.1, 0.15) is 45.6 Å². The Balaban J connectivity index is 2.11. The van der Waals surface area contributed by atoms with Gasteiger partial charge < -0.3 is 5.32 Å². The Morgan fingerprint density at radius 1 is 1.21 bits per heavy atom. The summed E-state index contributed by atoms with van der Waals surface area (Å²) in [6.07, 6.45) is 4.98. The second-order valence-corrected chi connectivity index (χ2v) is 6.31. The molecule has 0 saturated carbocycles. The van der Waals surface area contributed by atoms with Gasteiger partial charge in [-0.25, -0.2) is 0 Å². The number of aromatic nitrogens is 1. The predicted molar refractivity (Wildman–Crippen MR) is 82.5 cm³/mol. The molecule has 0 fully saturated rings. The fourth-order valence-electron chi connectivity index (χ4n) is 2.40. The number of rotatable bonds is 4. The van der Waals surface area contributed by atoms with Gasteiger partial charge in [0.1, 0.15) is 0 Å². The van der Waals surface area contributed by atoms with Crippen LogP contribution < -0.4 is 5.32 Å². The molecule has 0 amide bonds. The molecule has 2 rings (SSSR count). The third-order valence-corrected chi connectivity index (χ3v) is 3.48. The van der Waals surface area contributed by atoms with Crippen molar-refractivity contribution in [3.8, 4) is 0 Å². The molecule has 0 aliphatic rings. The molecule has 1 aromatic heterocycles. The first-order chi connectivity index (χ1) is 8.97. The number of nitrogens with one attached hydrogen (secondary N) is 1. The standard InChI is InChI=1S/C17H24N2/c1-13(8-11-19-17(2,3)4)15-7-5-6-14-12-18-10-9-16(14)15/h5-7,9-10,12-13,19H,8,11H2,1-4H3. The lowest BCUT2D eigenvalue weighted by molar-refractivity contribution is 0.414. The van der Waals surface area contributed by atoms with Crippen molar-refractivity contribution in [3.05, 3.63) is 42.2 Å². The predicted octanol–water partition coefficient (Wildman–Crippen LogP) is 4.12. The molecule has 1 unspecified atom stereocenters. The first-order valence-corrected chi connectivity index (χ1v) is 7.05. The normalized spacial score (nSPS) is 13.7. The summed E-state index contributed by atoms with van der Waals surface area (Å²) in [6, 6.07) is 8.63. The Hall–Kier alpha value is -1.41. The zero-order chi connectivity index (χ0) is 13.9. The minimum absolute atomic E-state index is 0.197. The van der Waals surface area contributed by atoms with Gasteiger partial charge >= 0.3 is 0 Å². The van der Waals surface area contributed by atoms with E-state index < -0.39 is 0 Å². The van der Waals surface area contributed by atoms with Gasteiger partial charge in [-0.3, -0.25) is 4.98 Å². The molecule has 1 N–H and O–H groups in total. The summed E-state index contributed by atoms with van der Waals surface area (Å²) in [5, 5.41) is 6.12. The summed E-state index contributed by atoms with van der Waals surface area (Å²) in [5.74, 6) is 0.556. The van der Waals surface area contributed by atoms with Crippen molar-refractivity contribution in [2.75, 3.05) is 6.54 Å². The van der Waals surface area contributed by atoms with Gasteiger partial charge in [-0.15, -0.1) is 0 Å². The Bertz CT molecular complexity index is 535. The topological polar surface area (TPSA) is 24.9 Å². The van der Waals surface area contributed by atoms with E-state index in [-0.39, 0.29) is 5.54 Å². The van der Waals surface area contributed by atoms with E-state index in [4.69, 9.17) is 0 Å². The summed E-state index contributed by atoms with van der Waals surface area (Å²) < 4.78 is 0. The van der Waals surface area contributed by atoms with Gasteiger partial charge in [0, 0.05) is 23.3 Å². The molecule has 102 valence electrons. The van der Waals surface area contributed by atoms with Crippen molar-refractivity contribution < 1.29 is 0 Å². The third-order valence-electron chi connectivity index (χ3n) is 3.48. The van der Waals surface area contributed by atoms with E-state index >= 15 is 0 Å². The molecule has 0 aliphatic heterocycles. The highest BCUT2D eigenvalue weighted by Crippen LogP contribution is 2.26. The lowest BCUT2D eigenvalue weighted by atomic mass is 9.93. The van der Waals surface area contributed by atoms with Crippen LogP contribution in [-0.4, -0.2) is 17.1 Å². The molecule has 1 atom stereocenters. The fourth-order valence-corrected chi connectivity index (χ4v) is 2.40. The number of nitrogens with zero attached hydrogens (tertiary/aromatic N) is 1. The van der Waals surface area contributed by atoms with Crippen LogP contribution in [0, 0.1) is 0 Å². The number of hydrogen-bond acceptors (Lipinski definition) is 2. The van der Waals surface area contributed by atoms with Crippen molar-refractivity contribution in [2.24, 2.45) is 0 Å². The molecule has 19 heavy (non-hydrogen) atoms. The highest BCUT2D eigenvalue weighted by atomic mass is 14.9. The zero-order valence-electron chi connectivity index (χ0n) is 12.4. The summed E-state index contributed by atoms with van der Waals surface area (Å²) in [4.78, 5) is 4.20. The molecule has 0 radical (unpaired) electrons. The average molecular weight is 256 g/mol. The van der Waals surface area contributed by atoms with Gasteiger partial charge in [-0.1, -0.05) is 25.1 Å². The number of benzene rings is 1. The van der Waals surface area contributed by atoms with Gasteiger partial charge in [0.25, 0.3) is 0 Å². The maximum absolute atomic E-state index is 4.20. The second kappa shape index (κ2) is 5.70. The highest BCUT2D eigenvalue weighted by Gasteiger charge is 2.12. The van der Waals surface area contributed by atoms with Crippen molar-refractivity contribution in [2.45, 2.75) is 45.6 Å². The zero-order valence-corrected chi connectivity index (χ0v) is 12.4. The maximum atomic E-state index is 4.20.